The molecule has 7 nitrogen and oxygen atoms in total. The summed E-state index contributed by atoms with van der Waals surface area (Å²) in [4.78, 5) is 11.9. The van der Waals surface area contributed by atoms with E-state index in [0.717, 1.165) is 83.9 Å². The Morgan fingerprint density at radius 1 is 1.12 bits per heavy atom. The fourth-order valence-corrected chi connectivity index (χ4v) is 4.34. The molecule has 0 amide bonds. The average Bonchev–Trinajstić information content (AvgIpc) is 3.17. The van der Waals surface area contributed by atoms with Gasteiger partial charge in [-0.2, -0.15) is 0 Å². The van der Waals surface area contributed by atoms with E-state index in [9.17, 15) is 0 Å². The molecule has 0 aliphatic carbocycles. The van der Waals surface area contributed by atoms with E-state index in [1.165, 1.54) is 13.0 Å². The van der Waals surface area contributed by atoms with E-state index in [4.69, 9.17) is 9.47 Å². The summed E-state index contributed by atoms with van der Waals surface area (Å²) in [5, 5.41) is 3.66. The van der Waals surface area contributed by atoms with Gasteiger partial charge in [0.25, 0.3) is 0 Å². The molecule has 3 aliphatic heterocycles. The van der Waals surface area contributed by atoms with Crippen molar-refractivity contribution < 1.29 is 9.47 Å². The number of hydrogen-bond acceptors (Lipinski definition) is 5. The van der Waals surface area contributed by atoms with Crippen LogP contribution in [-0.4, -0.2) is 113 Å². The number of nitrogens with zero attached hydrogens (tertiary/aromatic N) is 4. The van der Waals surface area contributed by atoms with Crippen molar-refractivity contribution in [3.63, 3.8) is 0 Å². The fourth-order valence-electron chi connectivity index (χ4n) is 4.34. The molecule has 3 heterocycles. The SMILES string of the molecule is CN=C(NCC1(N(C)C)CCOCC1)N1CCN(CC2CCOC2)CC1. The Morgan fingerprint density at radius 2 is 1.85 bits per heavy atom. The van der Waals surface area contributed by atoms with Gasteiger partial charge in [0.05, 0.1) is 6.61 Å². The molecule has 7 heteroatoms. The molecule has 0 bridgehead atoms. The van der Waals surface area contributed by atoms with Crippen molar-refractivity contribution in [3.8, 4) is 0 Å². The lowest BCUT2D eigenvalue weighted by molar-refractivity contribution is -0.00536. The number of piperazine rings is 1. The summed E-state index contributed by atoms with van der Waals surface area (Å²) >= 11 is 0. The van der Waals surface area contributed by atoms with Gasteiger partial charge in [0.1, 0.15) is 0 Å². The first-order chi connectivity index (χ1) is 12.6. The molecule has 1 unspecified atom stereocenters. The molecule has 1 N–H and O–H groups in total. The van der Waals surface area contributed by atoms with Crippen molar-refractivity contribution in [3.05, 3.63) is 0 Å². The van der Waals surface area contributed by atoms with Gasteiger partial charge in [0, 0.05) is 71.7 Å². The third kappa shape index (κ3) is 4.88. The van der Waals surface area contributed by atoms with Gasteiger partial charge in [-0.25, -0.2) is 0 Å². The van der Waals surface area contributed by atoms with Gasteiger partial charge < -0.3 is 24.6 Å². The molecule has 3 fully saturated rings. The van der Waals surface area contributed by atoms with Gasteiger partial charge in [0.2, 0.25) is 0 Å². The number of nitrogens with one attached hydrogen (secondary N) is 1. The zero-order valence-electron chi connectivity index (χ0n) is 16.9. The third-order valence-electron chi connectivity index (χ3n) is 6.37. The lowest BCUT2D eigenvalue weighted by Gasteiger charge is -2.44. The molecule has 0 aromatic rings. The van der Waals surface area contributed by atoms with Crippen LogP contribution in [0.1, 0.15) is 19.3 Å². The van der Waals surface area contributed by atoms with E-state index >= 15 is 0 Å². The van der Waals surface area contributed by atoms with Crippen LogP contribution in [-0.2, 0) is 9.47 Å². The lowest BCUT2D eigenvalue weighted by Crippen LogP contribution is -2.59. The van der Waals surface area contributed by atoms with Gasteiger partial charge in [-0.3, -0.25) is 9.89 Å². The predicted octanol–water partition coefficient (Wildman–Crippen LogP) is 0.327. The van der Waals surface area contributed by atoms with Crippen molar-refractivity contribution in [2.45, 2.75) is 24.8 Å². The van der Waals surface area contributed by atoms with E-state index in [1.54, 1.807) is 0 Å². The normalized spacial score (nSPS) is 27.9. The molecule has 3 aliphatic rings. The lowest BCUT2D eigenvalue weighted by atomic mass is 9.88. The Labute approximate surface area is 158 Å². The molecule has 3 saturated heterocycles. The molecule has 0 saturated carbocycles. The highest BCUT2D eigenvalue weighted by atomic mass is 16.5. The first kappa shape index (κ1) is 19.9. The summed E-state index contributed by atoms with van der Waals surface area (Å²) in [6.45, 7) is 10.0. The van der Waals surface area contributed by atoms with Crippen molar-refractivity contribution in [2.24, 2.45) is 10.9 Å². The molecule has 0 spiro atoms. The molecular weight excluding hydrogens is 330 g/mol. The van der Waals surface area contributed by atoms with Gasteiger partial charge in [-0.15, -0.1) is 0 Å². The Morgan fingerprint density at radius 3 is 2.42 bits per heavy atom. The van der Waals surface area contributed by atoms with E-state index < -0.39 is 0 Å². The zero-order valence-corrected chi connectivity index (χ0v) is 16.9. The van der Waals surface area contributed by atoms with E-state index in [2.05, 4.69) is 39.1 Å². The number of hydrogen-bond donors (Lipinski definition) is 1. The highest BCUT2D eigenvalue weighted by molar-refractivity contribution is 5.80. The van der Waals surface area contributed by atoms with Crippen molar-refractivity contribution in [1.29, 1.82) is 0 Å². The van der Waals surface area contributed by atoms with Crippen LogP contribution >= 0.6 is 0 Å². The molecular formula is C19H37N5O2. The highest BCUT2D eigenvalue weighted by Gasteiger charge is 2.35. The molecule has 26 heavy (non-hydrogen) atoms. The van der Waals surface area contributed by atoms with Crippen LogP contribution in [0, 0.1) is 5.92 Å². The van der Waals surface area contributed by atoms with Crippen LogP contribution in [0.25, 0.3) is 0 Å². The summed E-state index contributed by atoms with van der Waals surface area (Å²) in [6, 6.07) is 0. The number of ether oxygens (including phenoxy) is 2. The fraction of sp³-hybridized carbons (Fsp3) is 0.947. The van der Waals surface area contributed by atoms with E-state index in [0.29, 0.717) is 0 Å². The number of guanidine groups is 1. The number of likely N-dealkylation sites (N-methyl/N-ethyl adjacent to an activating group) is 1. The summed E-state index contributed by atoms with van der Waals surface area (Å²) in [5.41, 5.74) is 0.165. The summed E-state index contributed by atoms with van der Waals surface area (Å²) in [7, 11) is 6.26. The highest BCUT2D eigenvalue weighted by Crippen LogP contribution is 2.25. The Bertz CT molecular complexity index is 451. The first-order valence-electron chi connectivity index (χ1n) is 10.1. The van der Waals surface area contributed by atoms with Crippen LogP contribution in [0.5, 0.6) is 0 Å². The molecule has 1 atom stereocenters. The Kier molecular flexibility index (Phi) is 7.14. The molecule has 0 radical (unpaired) electrons. The second kappa shape index (κ2) is 9.35. The molecule has 3 rings (SSSR count). The van der Waals surface area contributed by atoms with Gasteiger partial charge in [-0.05, 0) is 39.3 Å². The monoisotopic (exact) mass is 367 g/mol. The van der Waals surface area contributed by atoms with Crippen molar-refractivity contribution in [1.82, 2.24) is 20.0 Å². The quantitative estimate of drug-likeness (QED) is 0.558. The number of rotatable bonds is 5. The summed E-state index contributed by atoms with van der Waals surface area (Å²) in [5.74, 6) is 1.77. The zero-order chi connectivity index (χ0) is 18.4. The predicted molar refractivity (Wildman–Crippen MR) is 105 cm³/mol. The first-order valence-corrected chi connectivity index (χ1v) is 10.1. The smallest absolute Gasteiger partial charge is 0.193 e. The van der Waals surface area contributed by atoms with Crippen LogP contribution in [0.2, 0.25) is 0 Å². The van der Waals surface area contributed by atoms with Gasteiger partial charge in [0.15, 0.2) is 5.96 Å². The van der Waals surface area contributed by atoms with E-state index in [-0.39, 0.29) is 5.54 Å². The topological polar surface area (TPSA) is 52.6 Å². The van der Waals surface area contributed by atoms with Crippen molar-refractivity contribution >= 4 is 5.96 Å². The van der Waals surface area contributed by atoms with Crippen LogP contribution in [0.4, 0.5) is 0 Å². The molecule has 0 aromatic heterocycles. The summed E-state index contributed by atoms with van der Waals surface area (Å²) in [6.07, 6.45) is 3.36. The summed E-state index contributed by atoms with van der Waals surface area (Å²) < 4.78 is 11.1. The largest absolute Gasteiger partial charge is 0.381 e. The average molecular weight is 368 g/mol. The van der Waals surface area contributed by atoms with Crippen molar-refractivity contribution in [2.75, 3.05) is 86.8 Å². The van der Waals surface area contributed by atoms with Crippen LogP contribution < -0.4 is 5.32 Å². The second-order valence-corrected chi connectivity index (χ2v) is 8.15. The second-order valence-electron chi connectivity index (χ2n) is 8.15. The maximum atomic E-state index is 5.58. The van der Waals surface area contributed by atoms with Gasteiger partial charge >= 0.3 is 0 Å². The minimum atomic E-state index is 0.165. The van der Waals surface area contributed by atoms with Gasteiger partial charge in [-0.1, -0.05) is 0 Å². The molecule has 150 valence electrons. The minimum absolute atomic E-state index is 0.165. The third-order valence-corrected chi connectivity index (χ3v) is 6.37. The van der Waals surface area contributed by atoms with Crippen LogP contribution in [0.15, 0.2) is 4.99 Å². The van der Waals surface area contributed by atoms with E-state index in [1.807, 2.05) is 7.05 Å². The number of aliphatic imine (C=N–C) groups is 1. The molecule has 0 aromatic carbocycles. The Hall–Kier alpha value is -0.890. The maximum absolute atomic E-state index is 5.58. The minimum Gasteiger partial charge on any atom is -0.381 e. The van der Waals surface area contributed by atoms with Crippen LogP contribution in [0.3, 0.4) is 0 Å². The Balaban J connectivity index is 1.47. The maximum Gasteiger partial charge on any atom is 0.193 e. The standard InChI is InChI=1S/C19H37N5O2/c1-20-18(21-16-19(22(2)3)5-12-25-13-6-19)24-9-7-23(8-10-24)14-17-4-11-26-15-17/h17H,4-16H2,1-3H3,(H,20,21).